The van der Waals surface area contributed by atoms with Gasteiger partial charge in [0, 0.05) is 11.0 Å². The van der Waals surface area contributed by atoms with Crippen LogP contribution in [0.15, 0.2) is 23.1 Å². The number of halogens is 2. The minimum absolute atomic E-state index is 0.233. The lowest BCUT2D eigenvalue weighted by molar-refractivity contribution is -0.120. The second kappa shape index (κ2) is 5.81. The zero-order chi connectivity index (χ0) is 12.1. The number of amides is 1. The molecule has 0 radical (unpaired) electrons. The van der Waals surface area contributed by atoms with Crippen LogP contribution in [0.1, 0.15) is 13.3 Å². The van der Waals surface area contributed by atoms with Crippen LogP contribution in [0.25, 0.3) is 0 Å². The van der Waals surface area contributed by atoms with E-state index in [9.17, 15) is 13.6 Å². The van der Waals surface area contributed by atoms with E-state index >= 15 is 0 Å². The van der Waals surface area contributed by atoms with Crippen molar-refractivity contribution in [3.8, 4) is 0 Å². The molecular formula is C10H12F2N2OS. The molecule has 1 unspecified atom stereocenters. The molecule has 0 bridgehead atoms. The summed E-state index contributed by atoms with van der Waals surface area (Å²) in [6.07, 6.45) is 0.504. The van der Waals surface area contributed by atoms with Crippen molar-refractivity contribution >= 4 is 17.7 Å². The van der Waals surface area contributed by atoms with Crippen LogP contribution in [0.2, 0.25) is 0 Å². The van der Waals surface area contributed by atoms with E-state index in [2.05, 4.69) is 0 Å². The number of hydrazine groups is 1. The van der Waals surface area contributed by atoms with Crippen molar-refractivity contribution in [2.75, 3.05) is 0 Å². The predicted molar refractivity (Wildman–Crippen MR) is 58.6 cm³/mol. The summed E-state index contributed by atoms with van der Waals surface area (Å²) in [4.78, 5) is 11.5. The van der Waals surface area contributed by atoms with E-state index < -0.39 is 16.9 Å². The third-order valence-corrected chi connectivity index (χ3v) is 3.39. The zero-order valence-electron chi connectivity index (χ0n) is 8.67. The minimum Gasteiger partial charge on any atom is -0.293 e. The molecule has 0 heterocycles. The van der Waals surface area contributed by atoms with Crippen molar-refractivity contribution in [3.63, 3.8) is 0 Å². The standard InChI is InChI=1S/C10H12F2N2OS/c1-2-8(10(15)14-13)16-9-4-3-6(11)5-7(9)12/h3-5,8H,2,13H2,1H3,(H,14,15). The monoisotopic (exact) mass is 246 g/mol. The number of thioether (sulfide) groups is 1. The molecule has 0 spiro atoms. The molecule has 3 N–H and O–H groups in total. The Balaban J connectivity index is 2.82. The smallest absolute Gasteiger partial charge is 0.247 e. The number of nitrogens with one attached hydrogen (secondary N) is 1. The first-order chi connectivity index (χ1) is 7.58. The molecular weight excluding hydrogens is 234 g/mol. The Hall–Kier alpha value is -1.14. The van der Waals surface area contributed by atoms with Crippen LogP contribution in [0.5, 0.6) is 0 Å². The summed E-state index contributed by atoms with van der Waals surface area (Å²) in [5.74, 6) is 3.31. The van der Waals surface area contributed by atoms with Crippen LogP contribution in [-0.2, 0) is 4.79 Å². The Morgan fingerprint density at radius 2 is 2.25 bits per heavy atom. The molecule has 6 heteroatoms. The van der Waals surface area contributed by atoms with Gasteiger partial charge in [-0.3, -0.25) is 10.2 Å². The highest BCUT2D eigenvalue weighted by Crippen LogP contribution is 2.28. The highest BCUT2D eigenvalue weighted by atomic mass is 32.2. The Bertz CT molecular complexity index is 387. The van der Waals surface area contributed by atoms with Crippen molar-refractivity contribution in [2.24, 2.45) is 5.84 Å². The van der Waals surface area contributed by atoms with Gasteiger partial charge in [0.1, 0.15) is 11.6 Å². The molecule has 1 aromatic carbocycles. The van der Waals surface area contributed by atoms with Gasteiger partial charge < -0.3 is 0 Å². The van der Waals surface area contributed by atoms with Gasteiger partial charge in [-0.2, -0.15) is 0 Å². The van der Waals surface area contributed by atoms with Gasteiger partial charge >= 0.3 is 0 Å². The molecule has 0 aliphatic heterocycles. The summed E-state index contributed by atoms with van der Waals surface area (Å²) in [5.41, 5.74) is 2.01. The second-order valence-corrected chi connectivity index (χ2v) is 4.34. The number of carbonyl (C=O) groups is 1. The number of hydrogen-bond acceptors (Lipinski definition) is 3. The number of carbonyl (C=O) groups excluding carboxylic acids is 1. The van der Waals surface area contributed by atoms with Gasteiger partial charge in [0.25, 0.3) is 0 Å². The molecule has 0 saturated carbocycles. The molecule has 1 rings (SSSR count). The molecule has 0 aromatic heterocycles. The predicted octanol–water partition coefficient (Wildman–Crippen LogP) is 1.83. The van der Waals surface area contributed by atoms with E-state index in [0.717, 1.165) is 23.9 Å². The zero-order valence-corrected chi connectivity index (χ0v) is 9.48. The van der Waals surface area contributed by atoms with E-state index in [1.807, 2.05) is 5.43 Å². The maximum absolute atomic E-state index is 13.3. The Labute approximate surface area is 96.4 Å². The summed E-state index contributed by atoms with van der Waals surface area (Å²) < 4.78 is 25.9. The van der Waals surface area contributed by atoms with Gasteiger partial charge in [-0.15, -0.1) is 11.8 Å². The van der Waals surface area contributed by atoms with E-state index in [-0.39, 0.29) is 10.8 Å². The minimum atomic E-state index is -0.673. The lowest BCUT2D eigenvalue weighted by Gasteiger charge is -2.12. The van der Waals surface area contributed by atoms with Crippen molar-refractivity contribution in [1.29, 1.82) is 0 Å². The topological polar surface area (TPSA) is 55.1 Å². The number of hydrogen-bond donors (Lipinski definition) is 2. The summed E-state index contributed by atoms with van der Waals surface area (Å²) >= 11 is 1.02. The Morgan fingerprint density at radius 3 is 2.75 bits per heavy atom. The van der Waals surface area contributed by atoms with Gasteiger partial charge in [0.15, 0.2) is 0 Å². The fraction of sp³-hybridized carbons (Fsp3) is 0.300. The van der Waals surface area contributed by atoms with E-state index in [1.54, 1.807) is 6.92 Å². The average Bonchev–Trinajstić information content (AvgIpc) is 2.27. The van der Waals surface area contributed by atoms with E-state index in [1.165, 1.54) is 6.07 Å². The highest BCUT2D eigenvalue weighted by molar-refractivity contribution is 8.00. The van der Waals surface area contributed by atoms with Crippen molar-refractivity contribution in [1.82, 2.24) is 5.43 Å². The van der Waals surface area contributed by atoms with Crippen LogP contribution >= 0.6 is 11.8 Å². The van der Waals surface area contributed by atoms with E-state index in [4.69, 9.17) is 5.84 Å². The summed E-state index contributed by atoms with van der Waals surface area (Å²) in [6, 6.07) is 3.25. The van der Waals surface area contributed by atoms with Crippen LogP contribution in [0, 0.1) is 11.6 Å². The third kappa shape index (κ3) is 3.18. The van der Waals surface area contributed by atoms with Crippen LogP contribution in [0.3, 0.4) is 0 Å². The first-order valence-electron chi connectivity index (χ1n) is 4.70. The second-order valence-electron chi connectivity index (χ2n) is 3.10. The fourth-order valence-corrected chi connectivity index (χ4v) is 2.11. The molecule has 0 fully saturated rings. The fourth-order valence-electron chi connectivity index (χ4n) is 1.14. The normalized spacial score (nSPS) is 12.2. The van der Waals surface area contributed by atoms with Crippen molar-refractivity contribution < 1.29 is 13.6 Å². The van der Waals surface area contributed by atoms with Crippen molar-refractivity contribution in [2.45, 2.75) is 23.5 Å². The molecule has 1 atom stereocenters. The van der Waals surface area contributed by atoms with Gasteiger partial charge in [0.2, 0.25) is 5.91 Å². The third-order valence-electron chi connectivity index (χ3n) is 1.97. The maximum atomic E-state index is 13.3. The Morgan fingerprint density at radius 1 is 1.56 bits per heavy atom. The lowest BCUT2D eigenvalue weighted by Crippen LogP contribution is -2.37. The van der Waals surface area contributed by atoms with Gasteiger partial charge in [-0.25, -0.2) is 14.6 Å². The Kier molecular flexibility index (Phi) is 4.70. The van der Waals surface area contributed by atoms with Gasteiger partial charge in [0.05, 0.1) is 5.25 Å². The first-order valence-corrected chi connectivity index (χ1v) is 5.58. The SMILES string of the molecule is CCC(Sc1ccc(F)cc1F)C(=O)NN. The summed E-state index contributed by atoms with van der Waals surface area (Å²) in [5, 5.41) is -0.482. The molecule has 0 aliphatic rings. The van der Waals surface area contributed by atoms with Crippen molar-refractivity contribution in [3.05, 3.63) is 29.8 Å². The number of benzene rings is 1. The molecule has 16 heavy (non-hydrogen) atoms. The quantitative estimate of drug-likeness (QED) is 0.369. The van der Waals surface area contributed by atoms with Crippen LogP contribution < -0.4 is 11.3 Å². The molecule has 1 amide bonds. The molecule has 3 nitrogen and oxygen atoms in total. The lowest BCUT2D eigenvalue weighted by atomic mass is 10.3. The van der Waals surface area contributed by atoms with Crippen LogP contribution in [0.4, 0.5) is 8.78 Å². The largest absolute Gasteiger partial charge is 0.293 e. The number of nitrogens with two attached hydrogens (primary N) is 1. The molecule has 0 saturated heterocycles. The summed E-state index contributed by atoms with van der Waals surface area (Å²) in [6.45, 7) is 1.79. The average molecular weight is 246 g/mol. The maximum Gasteiger partial charge on any atom is 0.247 e. The van der Waals surface area contributed by atoms with Crippen LogP contribution in [-0.4, -0.2) is 11.2 Å². The van der Waals surface area contributed by atoms with E-state index in [0.29, 0.717) is 6.42 Å². The van der Waals surface area contributed by atoms with Gasteiger partial charge in [-0.1, -0.05) is 6.92 Å². The first kappa shape index (κ1) is 12.9. The summed E-state index contributed by atoms with van der Waals surface area (Å²) in [7, 11) is 0. The van der Waals surface area contributed by atoms with Gasteiger partial charge in [-0.05, 0) is 18.6 Å². The molecule has 0 aliphatic carbocycles. The number of rotatable bonds is 4. The molecule has 1 aromatic rings. The highest BCUT2D eigenvalue weighted by Gasteiger charge is 2.18. The molecule has 88 valence electrons.